The Morgan fingerprint density at radius 1 is 1.30 bits per heavy atom. The number of benzene rings is 1. The highest BCUT2D eigenvalue weighted by molar-refractivity contribution is 9.10. The topological polar surface area (TPSA) is 34.1 Å². The highest BCUT2D eigenvalue weighted by Crippen LogP contribution is 2.33. The molecule has 2 aromatic rings. The number of hydrogen-bond acceptors (Lipinski definition) is 3. The third kappa shape index (κ3) is 2.70. The van der Waals surface area contributed by atoms with Gasteiger partial charge in [-0.05, 0) is 53.0 Å². The molecule has 0 amide bonds. The standard InChI is InChI=1S/C16H15BrN2O/c1-2-19-14-5-3-11-4-6-15(20-16(11)8-14)12-7-13(17)10-18-9-12/h3,5-10,19H,2,4H2,1H3. The van der Waals surface area contributed by atoms with Gasteiger partial charge in [0.15, 0.2) is 0 Å². The summed E-state index contributed by atoms with van der Waals surface area (Å²) in [5.41, 5.74) is 3.28. The first-order valence-electron chi connectivity index (χ1n) is 6.62. The highest BCUT2D eigenvalue weighted by atomic mass is 79.9. The van der Waals surface area contributed by atoms with E-state index < -0.39 is 0 Å². The monoisotopic (exact) mass is 330 g/mol. The predicted molar refractivity (Wildman–Crippen MR) is 84.9 cm³/mol. The van der Waals surface area contributed by atoms with Crippen LogP contribution in [-0.2, 0) is 6.42 Å². The van der Waals surface area contributed by atoms with Crippen molar-refractivity contribution >= 4 is 27.4 Å². The Morgan fingerprint density at radius 3 is 3.00 bits per heavy atom. The molecule has 0 unspecified atom stereocenters. The second-order valence-electron chi connectivity index (χ2n) is 4.62. The number of hydrogen-bond donors (Lipinski definition) is 1. The average Bonchev–Trinajstić information content (AvgIpc) is 2.47. The largest absolute Gasteiger partial charge is 0.457 e. The summed E-state index contributed by atoms with van der Waals surface area (Å²) in [4.78, 5) is 4.18. The Labute approximate surface area is 126 Å². The van der Waals surface area contributed by atoms with Crippen LogP contribution in [-0.4, -0.2) is 11.5 Å². The van der Waals surface area contributed by atoms with Gasteiger partial charge < -0.3 is 10.1 Å². The molecule has 1 aliphatic heterocycles. The molecule has 20 heavy (non-hydrogen) atoms. The molecule has 2 heterocycles. The molecule has 3 rings (SSSR count). The molecule has 0 bridgehead atoms. The maximum Gasteiger partial charge on any atom is 0.133 e. The van der Waals surface area contributed by atoms with Gasteiger partial charge in [0.1, 0.15) is 11.5 Å². The van der Waals surface area contributed by atoms with Gasteiger partial charge >= 0.3 is 0 Å². The molecule has 0 spiro atoms. The van der Waals surface area contributed by atoms with E-state index in [4.69, 9.17) is 4.74 Å². The van der Waals surface area contributed by atoms with E-state index in [-0.39, 0.29) is 0 Å². The van der Waals surface area contributed by atoms with Crippen molar-refractivity contribution < 1.29 is 4.74 Å². The van der Waals surface area contributed by atoms with Crippen LogP contribution in [0.25, 0.3) is 5.76 Å². The zero-order valence-electron chi connectivity index (χ0n) is 11.2. The zero-order chi connectivity index (χ0) is 13.9. The summed E-state index contributed by atoms with van der Waals surface area (Å²) in [6.07, 6.45) is 6.56. The summed E-state index contributed by atoms with van der Waals surface area (Å²) in [7, 11) is 0. The summed E-state index contributed by atoms with van der Waals surface area (Å²) < 4.78 is 6.97. The first-order valence-corrected chi connectivity index (χ1v) is 7.41. The summed E-state index contributed by atoms with van der Waals surface area (Å²) in [5, 5.41) is 3.30. The maximum absolute atomic E-state index is 6.02. The van der Waals surface area contributed by atoms with Crippen LogP contribution in [0.15, 0.2) is 47.2 Å². The van der Waals surface area contributed by atoms with Crippen molar-refractivity contribution in [3.8, 4) is 5.75 Å². The first kappa shape index (κ1) is 13.2. The molecule has 1 N–H and O–H groups in total. The van der Waals surface area contributed by atoms with Crippen molar-refractivity contribution in [1.82, 2.24) is 4.98 Å². The molecule has 0 fully saturated rings. The van der Waals surface area contributed by atoms with Crippen LogP contribution in [0.4, 0.5) is 5.69 Å². The van der Waals surface area contributed by atoms with Crippen molar-refractivity contribution in [2.24, 2.45) is 0 Å². The van der Waals surface area contributed by atoms with Crippen molar-refractivity contribution in [1.29, 1.82) is 0 Å². The fourth-order valence-corrected chi connectivity index (χ4v) is 2.58. The van der Waals surface area contributed by atoms with Gasteiger partial charge in [0.2, 0.25) is 0 Å². The van der Waals surface area contributed by atoms with Gasteiger partial charge in [0.05, 0.1) is 0 Å². The number of rotatable bonds is 3. The van der Waals surface area contributed by atoms with Gasteiger partial charge in [0, 0.05) is 40.7 Å². The van der Waals surface area contributed by atoms with Crippen LogP contribution >= 0.6 is 15.9 Å². The molecule has 4 heteroatoms. The Kier molecular flexibility index (Phi) is 3.74. The molecule has 0 saturated heterocycles. The lowest BCUT2D eigenvalue weighted by Gasteiger charge is -2.19. The highest BCUT2D eigenvalue weighted by Gasteiger charge is 2.15. The smallest absolute Gasteiger partial charge is 0.133 e. The molecular formula is C16H15BrN2O. The number of pyridine rings is 1. The van der Waals surface area contributed by atoms with Crippen LogP contribution in [0.1, 0.15) is 18.1 Å². The Balaban J connectivity index is 1.89. The van der Waals surface area contributed by atoms with Crippen molar-refractivity contribution in [2.45, 2.75) is 13.3 Å². The van der Waals surface area contributed by atoms with E-state index in [1.165, 1.54) is 5.56 Å². The number of anilines is 1. The third-order valence-electron chi connectivity index (χ3n) is 3.16. The first-order chi connectivity index (χ1) is 9.76. The lowest BCUT2D eigenvalue weighted by Crippen LogP contribution is -2.05. The minimum atomic E-state index is 0.861. The molecule has 1 aliphatic rings. The number of ether oxygens (including phenoxy) is 1. The Morgan fingerprint density at radius 2 is 2.20 bits per heavy atom. The normalized spacial score (nSPS) is 13.2. The van der Waals surface area contributed by atoms with E-state index >= 15 is 0 Å². The molecule has 0 saturated carbocycles. The predicted octanol–water partition coefficient (Wildman–Crippen LogP) is 4.25. The molecule has 102 valence electrons. The van der Waals surface area contributed by atoms with E-state index in [0.717, 1.165) is 40.2 Å². The van der Waals surface area contributed by atoms with Crippen molar-refractivity contribution in [2.75, 3.05) is 11.9 Å². The van der Waals surface area contributed by atoms with Gasteiger partial charge in [-0.2, -0.15) is 0 Å². The zero-order valence-corrected chi connectivity index (χ0v) is 12.8. The Hall–Kier alpha value is -1.81. The lowest BCUT2D eigenvalue weighted by atomic mass is 10.1. The van der Waals surface area contributed by atoms with Crippen LogP contribution in [0.3, 0.4) is 0 Å². The van der Waals surface area contributed by atoms with Crippen molar-refractivity contribution in [3.63, 3.8) is 0 Å². The van der Waals surface area contributed by atoms with E-state index in [1.54, 1.807) is 6.20 Å². The summed E-state index contributed by atoms with van der Waals surface area (Å²) in [5.74, 6) is 1.78. The minimum Gasteiger partial charge on any atom is -0.457 e. The number of nitrogens with zero attached hydrogens (tertiary/aromatic N) is 1. The van der Waals surface area contributed by atoms with Gasteiger partial charge in [0.25, 0.3) is 0 Å². The van der Waals surface area contributed by atoms with Crippen LogP contribution in [0.2, 0.25) is 0 Å². The summed E-state index contributed by atoms with van der Waals surface area (Å²) in [6.45, 7) is 2.98. The summed E-state index contributed by atoms with van der Waals surface area (Å²) in [6, 6.07) is 8.26. The number of allylic oxidation sites excluding steroid dienone is 1. The molecule has 0 aliphatic carbocycles. The fourth-order valence-electron chi connectivity index (χ4n) is 2.22. The second-order valence-corrected chi connectivity index (χ2v) is 5.53. The van der Waals surface area contributed by atoms with E-state index in [9.17, 15) is 0 Å². The maximum atomic E-state index is 6.02. The number of halogens is 1. The molecule has 1 aromatic heterocycles. The molecule has 3 nitrogen and oxygen atoms in total. The Bertz CT molecular complexity index is 667. The molecule has 0 radical (unpaired) electrons. The van der Waals surface area contributed by atoms with Crippen LogP contribution in [0.5, 0.6) is 5.75 Å². The molecule has 1 aromatic carbocycles. The van der Waals surface area contributed by atoms with Gasteiger partial charge in [-0.15, -0.1) is 0 Å². The summed E-state index contributed by atoms with van der Waals surface area (Å²) >= 11 is 3.44. The average molecular weight is 331 g/mol. The molecule has 0 atom stereocenters. The van der Waals surface area contributed by atoms with Crippen LogP contribution < -0.4 is 10.1 Å². The number of aromatic nitrogens is 1. The fraction of sp³-hybridized carbons (Fsp3) is 0.188. The SMILES string of the molecule is CCNc1ccc2c(c1)OC(c1cncc(Br)c1)=CC2. The van der Waals surface area contributed by atoms with Crippen LogP contribution in [0, 0.1) is 0 Å². The van der Waals surface area contributed by atoms with E-state index in [2.05, 4.69) is 57.4 Å². The second kappa shape index (κ2) is 5.67. The minimum absolute atomic E-state index is 0.861. The molecular weight excluding hydrogens is 316 g/mol. The third-order valence-corrected chi connectivity index (χ3v) is 3.60. The van der Waals surface area contributed by atoms with Gasteiger partial charge in [-0.3, -0.25) is 4.98 Å². The number of fused-ring (bicyclic) bond motifs is 1. The quantitative estimate of drug-likeness (QED) is 0.913. The lowest BCUT2D eigenvalue weighted by molar-refractivity contribution is 0.498. The number of nitrogens with one attached hydrogen (secondary N) is 1. The van der Waals surface area contributed by atoms with Crippen molar-refractivity contribution in [3.05, 3.63) is 58.3 Å². The van der Waals surface area contributed by atoms with E-state index in [1.807, 2.05) is 12.3 Å². The van der Waals surface area contributed by atoms with Gasteiger partial charge in [-0.25, -0.2) is 0 Å². The van der Waals surface area contributed by atoms with Gasteiger partial charge in [-0.1, -0.05) is 6.07 Å². The van der Waals surface area contributed by atoms with E-state index in [0.29, 0.717) is 0 Å².